The van der Waals surface area contributed by atoms with E-state index in [4.69, 9.17) is 4.74 Å². The van der Waals surface area contributed by atoms with E-state index < -0.39 is 10.0 Å². The van der Waals surface area contributed by atoms with Crippen molar-refractivity contribution >= 4 is 32.3 Å². The molecule has 162 valence electrons. The van der Waals surface area contributed by atoms with Gasteiger partial charge in [-0.05, 0) is 24.3 Å². The summed E-state index contributed by atoms with van der Waals surface area (Å²) in [5.74, 6) is 0.690. The highest BCUT2D eigenvalue weighted by Crippen LogP contribution is 2.35. The van der Waals surface area contributed by atoms with Gasteiger partial charge in [0.1, 0.15) is 5.75 Å². The fourth-order valence-corrected chi connectivity index (χ4v) is 4.48. The van der Waals surface area contributed by atoms with Crippen molar-refractivity contribution in [3.63, 3.8) is 0 Å². The van der Waals surface area contributed by atoms with Crippen LogP contribution in [-0.2, 0) is 17.1 Å². The van der Waals surface area contributed by atoms with E-state index in [0.29, 0.717) is 17.1 Å². The first-order valence-electron chi connectivity index (χ1n) is 9.88. The molecule has 0 aliphatic rings. The monoisotopic (exact) mass is 447 g/mol. The number of nitrogens with zero attached hydrogens (tertiary/aromatic N) is 4. The first kappa shape index (κ1) is 20.1. The second kappa shape index (κ2) is 7.38. The third kappa shape index (κ3) is 3.46. The highest BCUT2D eigenvalue weighted by atomic mass is 32.2. The summed E-state index contributed by atoms with van der Waals surface area (Å²) in [7, 11) is 0.00127. The van der Waals surface area contributed by atoms with Gasteiger partial charge >= 0.3 is 0 Å². The van der Waals surface area contributed by atoms with Gasteiger partial charge in [-0.1, -0.05) is 24.3 Å². The van der Waals surface area contributed by atoms with Crippen LogP contribution in [0.15, 0.2) is 67.1 Å². The molecule has 5 aromatic rings. The number of ether oxygens (including phenoxy) is 1. The van der Waals surface area contributed by atoms with Gasteiger partial charge in [0.05, 0.1) is 42.7 Å². The maximum absolute atomic E-state index is 12.1. The van der Waals surface area contributed by atoms with Crippen LogP contribution in [0.3, 0.4) is 0 Å². The summed E-state index contributed by atoms with van der Waals surface area (Å²) in [4.78, 5) is 4.53. The third-order valence-electron chi connectivity index (χ3n) is 5.36. The zero-order chi connectivity index (χ0) is 22.5. The van der Waals surface area contributed by atoms with E-state index in [-0.39, 0.29) is 0 Å². The molecule has 0 saturated heterocycles. The number of hydrogen-bond donors (Lipinski definition) is 1. The zero-order valence-corrected chi connectivity index (χ0v) is 18.6. The van der Waals surface area contributed by atoms with E-state index in [1.165, 1.54) is 0 Å². The molecular formula is C23H21N5O3S. The SMILES string of the molecule is COc1ccccc1-c1cc(NS(C)(=O)=O)c2ncc(-c3ccc4c(cnn4C)c3)n2c1. The Kier molecular flexibility index (Phi) is 4.63. The van der Waals surface area contributed by atoms with Gasteiger partial charge in [0, 0.05) is 35.3 Å². The van der Waals surface area contributed by atoms with Crippen LogP contribution >= 0.6 is 0 Å². The zero-order valence-electron chi connectivity index (χ0n) is 17.8. The van der Waals surface area contributed by atoms with Crippen molar-refractivity contribution in [1.82, 2.24) is 19.2 Å². The normalized spacial score (nSPS) is 11.8. The number of para-hydroxylation sites is 1. The topological polar surface area (TPSA) is 90.5 Å². The number of pyridine rings is 1. The second-order valence-corrected chi connectivity index (χ2v) is 9.34. The minimum atomic E-state index is -3.51. The van der Waals surface area contributed by atoms with Crippen LogP contribution in [0.25, 0.3) is 38.9 Å². The summed E-state index contributed by atoms with van der Waals surface area (Å²) < 4.78 is 36.0. The fraction of sp³-hybridized carbons (Fsp3) is 0.130. The molecule has 2 aromatic carbocycles. The van der Waals surface area contributed by atoms with Gasteiger partial charge in [-0.3, -0.25) is 13.8 Å². The van der Waals surface area contributed by atoms with E-state index >= 15 is 0 Å². The van der Waals surface area contributed by atoms with Gasteiger partial charge in [0.25, 0.3) is 0 Å². The van der Waals surface area contributed by atoms with Crippen LogP contribution in [0.5, 0.6) is 5.75 Å². The summed E-state index contributed by atoms with van der Waals surface area (Å²) in [5.41, 5.74) is 5.34. The lowest BCUT2D eigenvalue weighted by Gasteiger charge is -2.13. The molecule has 5 rings (SSSR count). The standard InChI is InChI=1S/C23H21N5O3S/c1-27-20-9-8-15(10-16(20)12-25-27)21-13-24-23-19(26-32(3,29)30)11-17(14-28(21)23)18-6-4-5-7-22(18)31-2/h4-14,26H,1-3H3. The Morgan fingerprint density at radius 1 is 1.03 bits per heavy atom. The van der Waals surface area contributed by atoms with Crippen LogP contribution in [0.4, 0.5) is 5.69 Å². The van der Waals surface area contributed by atoms with Gasteiger partial charge in [-0.25, -0.2) is 13.4 Å². The maximum Gasteiger partial charge on any atom is 0.229 e. The molecule has 0 saturated carbocycles. The molecular weight excluding hydrogens is 426 g/mol. The van der Waals surface area contributed by atoms with Gasteiger partial charge in [-0.2, -0.15) is 5.10 Å². The third-order valence-corrected chi connectivity index (χ3v) is 5.95. The Hall–Kier alpha value is -3.85. The number of aromatic nitrogens is 4. The first-order chi connectivity index (χ1) is 15.3. The lowest BCUT2D eigenvalue weighted by molar-refractivity contribution is 0.416. The van der Waals surface area contributed by atoms with Crippen LogP contribution < -0.4 is 9.46 Å². The van der Waals surface area contributed by atoms with Gasteiger partial charge in [0.2, 0.25) is 10.0 Å². The molecule has 3 heterocycles. The number of aryl methyl sites for hydroxylation is 1. The molecule has 32 heavy (non-hydrogen) atoms. The van der Waals surface area contributed by atoms with Crippen molar-refractivity contribution in [2.75, 3.05) is 18.1 Å². The molecule has 9 heteroatoms. The molecule has 0 unspecified atom stereocenters. The van der Waals surface area contributed by atoms with Crippen molar-refractivity contribution < 1.29 is 13.2 Å². The molecule has 0 amide bonds. The predicted molar refractivity (Wildman–Crippen MR) is 125 cm³/mol. The quantitative estimate of drug-likeness (QED) is 0.441. The highest BCUT2D eigenvalue weighted by Gasteiger charge is 2.17. The Morgan fingerprint density at radius 3 is 2.62 bits per heavy atom. The van der Waals surface area contributed by atoms with E-state index in [9.17, 15) is 8.42 Å². The number of rotatable bonds is 5. The largest absolute Gasteiger partial charge is 0.496 e. The van der Waals surface area contributed by atoms with Crippen LogP contribution in [0.1, 0.15) is 0 Å². The number of fused-ring (bicyclic) bond motifs is 2. The van der Waals surface area contributed by atoms with Gasteiger partial charge in [0.15, 0.2) is 5.65 Å². The van der Waals surface area contributed by atoms with Crippen molar-refractivity contribution in [3.8, 4) is 28.1 Å². The molecule has 0 atom stereocenters. The highest BCUT2D eigenvalue weighted by molar-refractivity contribution is 7.92. The smallest absolute Gasteiger partial charge is 0.229 e. The van der Waals surface area contributed by atoms with E-state index in [1.807, 2.05) is 71.0 Å². The number of nitrogens with one attached hydrogen (secondary N) is 1. The number of anilines is 1. The number of benzene rings is 2. The minimum Gasteiger partial charge on any atom is -0.496 e. The molecule has 0 radical (unpaired) electrons. The Balaban J connectivity index is 1.77. The molecule has 0 bridgehead atoms. The van der Waals surface area contributed by atoms with Gasteiger partial charge in [-0.15, -0.1) is 0 Å². The summed E-state index contributed by atoms with van der Waals surface area (Å²) in [5, 5.41) is 5.32. The molecule has 0 fully saturated rings. The van der Waals surface area contributed by atoms with Crippen LogP contribution in [0.2, 0.25) is 0 Å². The van der Waals surface area contributed by atoms with Crippen LogP contribution in [0, 0.1) is 0 Å². The molecule has 0 spiro atoms. The van der Waals surface area contributed by atoms with E-state index in [1.54, 1.807) is 19.4 Å². The fourth-order valence-electron chi connectivity index (χ4n) is 3.93. The first-order valence-corrected chi connectivity index (χ1v) is 11.8. The van der Waals surface area contributed by atoms with Crippen molar-refractivity contribution in [2.24, 2.45) is 7.05 Å². The predicted octanol–water partition coefficient (Wildman–Crippen LogP) is 3.94. The second-order valence-electron chi connectivity index (χ2n) is 7.60. The molecule has 3 aromatic heterocycles. The lowest BCUT2D eigenvalue weighted by Crippen LogP contribution is -2.11. The molecule has 1 N–H and O–H groups in total. The van der Waals surface area contributed by atoms with E-state index in [0.717, 1.165) is 39.5 Å². The average molecular weight is 448 g/mol. The summed E-state index contributed by atoms with van der Waals surface area (Å²) >= 11 is 0. The number of sulfonamides is 1. The number of methoxy groups -OCH3 is 1. The van der Waals surface area contributed by atoms with Crippen molar-refractivity contribution in [1.29, 1.82) is 0 Å². The maximum atomic E-state index is 12.1. The summed E-state index contributed by atoms with van der Waals surface area (Å²) in [6, 6.07) is 15.4. The Bertz CT molecular complexity index is 1580. The lowest BCUT2D eigenvalue weighted by atomic mass is 10.1. The van der Waals surface area contributed by atoms with Crippen molar-refractivity contribution in [3.05, 3.63) is 67.1 Å². The van der Waals surface area contributed by atoms with Gasteiger partial charge < -0.3 is 4.74 Å². The molecule has 0 aliphatic carbocycles. The number of hydrogen-bond acceptors (Lipinski definition) is 5. The molecule has 0 aliphatic heterocycles. The van der Waals surface area contributed by atoms with Crippen molar-refractivity contribution in [2.45, 2.75) is 0 Å². The molecule has 8 nitrogen and oxygen atoms in total. The average Bonchev–Trinajstić information content (AvgIpc) is 3.36. The summed E-state index contributed by atoms with van der Waals surface area (Å²) in [6.07, 6.45) is 6.63. The Labute approximate surface area is 185 Å². The number of imidazole rings is 1. The van der Waals surface area contributed by atoms with Crippen LogP contribution in [-0.4, -0.2) is 40.9 Å². The minimum absolute atomic E-state index is 0.393. The Morgan fingerprint density at radius 2 is 1.84 bits per heavy atom. The summed E-state index contributed by atoms with van der Waals surface area (Å²) in [6.45, 7) is 0. The van der Waals surface area contributed by atoms with E-state index in [2.05, 4.69) is 14.8 Å².